The molecule has 1 saturated heterocycles. The van der Waals surface area contributed by atoms with E-state index < -0.39 is 0 Å². The zero-order chi connectivity index (χ0) is 15.1. The summed E-state index contributed by atoms with van der Waals surface area (Å²) in [4.78, 5) is 16.0. The van der Waals surface area contributed by atoms with Crippen molar-refractivity contribution >= 4 is 11.6 Å². The van der Waals surface area contributed by atoms with Gasteiger partial charge in [-0.3, -0.25) is 9.69 Å². The highest BCUT2D eigenvalue weighted by Crippen LogP contribution is 2.22. The van der Waals surface area contributed by atoms with E-state index in [9.17, 15) is 4.79 Å². The van der Waals surface area contributed by atoms with Gasteiger partial charge in [0, 0.05) is 31.9 Å². The summed E-state index contributed by atoms with van der Waals surface area (Å²) in [5, 5.41) is 11.8. The molecule has 1 amide bonds. The van der Waals surface area contributed by atoms with E-state index in [-0.39, 0.29) is 12.5 Å². The Labute approximate surface area is 126 Å². The van der Waals surface area contributed by atoms with Crippen LogP contribution in [0.2, 0.25) is 0 Å². The molecule has 1 aliphatic heterocycles. The molecule has 0 bridgehead atoms. The number of carbonyl (C=O) groups is 1. The smallest absolute Gasteiger partial charge is 0.234 e. The Kier molecular flexibility index (Phi) is 6.02. The van der Waals surface area contributed by atoms with Crippen molar-refractivity contribution < 1.29 is 9.90 Å². The first-order valence-corrected chi connectivity index (χ1v) is 7.55. The second-order valence-corrected chi connectivity index (χ2v) is 5.70. The molecule has 1 aromatic rings. The number of likely N-dealkylation sites (N-methyl/N-ethyl adjacent to an activating group) is 1. The standard InChI is InChI=1S/C16H25N3O2/c1-18(9-10-20)13-16(21)17-11-14-7-8-19(12-14)15-5-3-2-4-6-15/h2-6,14,20H,7-13H2,1H3,(H,17,21)/t14-/m1/s1. The average Bonchev–Trinajstić information content (AvgIpc) is 2.95. The summed E-state index contributed by atoms with van der Waals surface area (Å²) in [7, 11) is 1.84. The van der Waals surface area contributed by atoms with Crippen LogP contribution in [0.3, 0.4) is 0 Å². The average molecular weight is 291 g/mol. The van der Waals surface area contributed by atoms with Crippen LogP contribution in [-0.4, -0.2) is 62.3 Å². The molecule has 5 heteroatoms. The number of anilines is 1. The fraction of sp³-hybridized carbons (Fsp3) is 0.562. The van der Waals surface area contributed by atoms with Gasteiger partial charge in [-0.25, -0.2) is 0 Å². The Bertz CT molecular complexity index is 438. The van der Waals surface area contributed by atoms with Crippen molar-refractivity contribution in [3.63, 3.8) is 0 Å². The Morgan fingerprint density at radius 2 is 2.19 bits per heavy atom. The highest BCUT2D eigenvalue weighted by atomic mass is 16.3. The third-order valence-corrected chi connectivity index (χ3v) is 3.89. The van der Waals surface area contributed by atoms with Gasteiger partial charge in [-0.15, -0.1) is 0 Å². The minimum atomic E-state index is 0.0316. The van der Waals surface area contributed by atoms with Crippen molar-refractivity contribution in [3.8, 4) is 0 Å². The zero-order valence-corrected chi connectivity index (χ0v) is 12.7. The van der Waals surface area contributed by atoms with Crippen LogP contribution in [0.4, 0.5) is 5.69 Å². The minimum absolute atomic E-state index is 0.0316. The summed E-state index contributed by atoms with van der Waals surface area (Å²) in [6.07, 6.45) is 1.11. The number of aliphatic hydroxyl groups excluding tert-OH is 1. The van der Waals surface area contributed by atoms with Gasteiger partial charge in [0.2, 0.25) is 5.91 Å². The number of nitrogens with zero attached hydrogens (tertiary/aromatic N) is 2. The highest BCUT2D eigenvalue weighted by molar-refractivity contribution is 5.77. The fourth-order valence-corrected chi connectivity index (χ4v) is 2.68. The van der Waals surface area contributed by atoms with Gasteiger partial charge in [0.1, 0.15) is 0 Å². The molecule has 0 radical (unpaired) electrons. The maximum atomic E-state index is 11.8. The maximum Gasteiger partial charge on any atom is 0.234 e. The van der Waals surface area contributed by atoms with Gasteiger partial charge in [0.05, 0.1) is 13.2 Å². The first-order valence-electron chi connectivity index (χ1n) is 7.55. The molecular weight excluding hydrogens is 266 g/mol. The van der Waals surface area contributed by atoms with Crippen LogP contribution in [0, 0.1) is 5.92 Å². The number of benzene rings is 1. The van der Waals surface area contributed by atoms with E-state index in [1.807, 2.05) is 18.0 Å². The van der Waals surface area contributed by atoms with Gasteiger partial charge in [-0.1, -0.05) is 18.2 Å². The number of hydrogen-bond donors (Lipinski definition) is 2. The molecule has 5 nitrogen and oxygen atoms in total. The first kappa shape index (κ1) is 15.8. The van der Waals surface area contributed by atoms with Crippen molar-refractivity contribution in [1.29, 1.82) is 0 Å². The molecule has 2 N–H and O–H groups in total. The largest absolute Gasteiger partial charge is 0.395 e. The number of hydrogen-bond acceptors (Lipinski definition) is 4. The van der Waals surface area contributed by atoms with E-state index in [4.69, 9.17) is 5.11 Å². The van der Waals surface area contributed by atoms with Crippen LogP contribution >= 0.6 is 0 Å². The normalized spacial score (nSPS) is 18.2. The summed E-state index contributed by atoms with van der Waals surface area (Å²) in [6, 6.07) is 10.4. The quantitative estimate of drug-likeness (QED) is 0.770. The summed E-state index contributed by atoms with van der Waals surface area (Å²) in [6.45, 7) is 3.73. The van der Waals surface area contributed by atoms with Gasteiger partial charge < -0.3 is 15.3 Å². The highest BCUT2D eigenvalue weighted by Gasteiger charge is 2.22. The number of nitrogens with one attached hydrogen (secondary N) is 1. The Morgan fingerprint density at radius 1 is 1.43 bits per heavy atom. The Balaban J connectivity index is 1.70. The van der Waals surface area contributed by atoms with E-state index in [0.29, 0.717) is 19.0 Å². The van der Waals surface area contributed by atoms with E-state index in [1.54, 1.807) is 0 Å². The second kappa shape index (κ2) is 8.00. The van der Waals surface area contributed by atoms with Gasteiger partial charge in [-0.05, 0) is 31.5 Å². The summed E-state index contributed by atoms with van der Waals surface area (Å²) < 4.78 is 0. The van der Waals surface area contributed by atoms with Crippen molar-refractivity contribution in [2.24, 2.45) is 5.92 Å². The molecule has 1 aliphatic rings. The number of amides is 1. The van der Waals surface area contributed by atoms with Gasteiger partial charge in [0.25, 0.3) is 0 Å². The molecule has 1 heterocycles. The molecule has 116 valence electrons. The fourth-order valence-electron chi connectivity index (χ4n) is 2.68. The number of rotatable bonds is 7. The summed E-state index contributed by atoms with van der Waals surface area (Å²) in [5.74, 6) is 0.543. The minimum Gasteiger partial charge on any atom is -0.395 e. The van der Waals surface area contributed by atoms with Crippen LogP contribution in [0.15, 0.2) is 30.3 Å². The third-order valence-electron chi connectivity index (χ3n) is 3.89. The number of carbonyl (C=O) groups excluding carboxylic acids is 1. The first-order chi connectivity index (χ1) is 10.2. The monoisotopic (exact) mass is 291 g/mol. The Morgan fingerprint density at radius 3 is 2.90 bits per heavy atom. The third kappa shape index (κ3) is 5.02. The summed E-state index contributed by atoms with van der Waals surface area (Å²) >= 11 is 0. The van der Waals surface area contributed by atoms with Crippen LogP contribution in [-0.2, 0) is 4.79 Å². The van der Waals surface area contributed by atoms with E-state index in [1.165, 1.54) is 5.69 Å². The number of aliphatic hydroxyl groups is 1. The molecule has 1 aromatic carbocycles. The second-order valence-electron chi connectivity index (χ2n) is 5.70. The van der Waals surface area contributed by atoms with Crippen LogP contribution in [0.1, 0.15) is 6.42 Å². The molecule has 0 aromatic heterocycles. The van der Waals surface area contributed by atoms with Crippen molar-refractivity contribution in [2.45, 2.75) is 6.42 Å². The molecule has 2 rings (SSSR count). The molecule has 21 heavy (non-hydrogen) atoms. The number of para-hydroxylation sites is 1. The topological polar surface area (TPSA) is 55.8 Å². The lowest BCUT2D eigenvalue weighted by Crippen LogP contribution is -2.38. The molecule has 1 fully saturated rings. The summed E-state index contributed by atoms with van der Waals surface area (Å²) in [5.41, 5.74) is 1.26. The van der Waals surface area contributed by atoms with Gasteiger partial charge in [-0.2, -0.15) is 0 Å². The Hall–Kier alpha value is -1.59. The van der Waals surface area contributed by atoms with E-state index >= 15 is 0 Å². The molecule has 0 aliphatic carbocycles. The van der Waals surface area contributed by atoms with Crippen molar-refractivity contribution in [2.75, 3.05) is 51.3 Å². The van der Waals surface area contributed by atoms with Crippen molar-refractivity contribution in [3.05, 3.63) is 30.3 Å². The van der Waals surface area contributed by atoms with E-state index in [0.717, 1.165) is 26.1 Å². The van der Waals surface area contributed by atoms with E-state index in [2.05, 4.69) is 34.5 Å². The lowest BCUT2D eigenvalue weighted by molar-refractivity contribution is -0.122. The molecule has 0 saturated carbocycles. The predicted molar refractivity (Wildman–Crippen MR) is 84.4 cm³/mol. The lowest BCUT2D eigenvalue weighted by Gasteiger charge is -2.19. The van der Waals surface area contributed by atoms with Gasteiger partial charge in [0.15, 0.2) is 0 Å². The van der Waals surface area contributed by atoms with Crippen LogP contribution < -0.4 is 10.2 Å². The zero-order valence-electron chi connectivity index (χ0n) is 12.7. The van der Waals surface area contributed by atoms with Crippen LogP contribution in [0.25, 0.3) is 0 Å². The molecule has 0 spiro atoms. The predicted octanol–water partition coefficient (Wildman–Crippen LogP) is 0.553. The SMILES string of the molecule is CN(CCO)CC(=O)NC[C@H]1CCN(c2ccccc2)C1. The molecule has 1 atom stereocenters. The molecule has 0 unspecified atom stereocenters. The maximum absolute atomic E-state index is 11.8. The molecular formula is C16H25N3O2. The van der Waals surface area contributed by atoms with Crippen molar-refractivity contribution in [1.82, 2.24) is 10.2 Å². The van der Waals surface area contributed by atoms with Gasteiger partial charge >= 0.3 is 0 Å². The van der Waals surface area contributed by atoms with Crippen LogP contribution in [0.5, 0.6) is 0 Å². The lowest BCUT2D eigenvalue weighted by atomic mass is 10.1.